The van der Waals surface area contributed by atoms with Crippen LogP contribution in [0.5, 0.6) is 0 Å². The van der Waals surface area contributed by atoms with E-state index in [1.807, 2.05) is 12.1 Å². The summed E-state index contributed by atoms with van der Waals surface area (Å²) in [6.07, 6.45) is 0. The molecule has 146 valence electrons. The SMILES string of the molecule is Cc1c([N+](C)=O)cc(C(=O)Nc2ccc(N3CCOCC3)cc2)cc1[N+](=O)[O-]. The van der Waals surface area contributed by atoms with Crippen LogP contribution in [-0.4, -0.2) is 48.9 Å². The van der Waals surface area contributed by atoms with Crippen molar-refractivity contribution in [1.29, 1.82) is 0 Å². The minimum Gasteiger partial charge on any atom is -0.378 e. The van der Waals surface area contributed by atoms with Gasteiger partial charge in [0.1, 0.15) is 5.56 Å². The van der Waals surface area contributed by atoms with Gasteiger partial charge in [-0.05, 0) is 31.2 Å². The number of amides is 1. The van der Waals surface area contributed by atoms with Crippen LogP contribution in [0.25, 0.3) is 0 Å². The molecule has 0 unspecified atom stereocenters. The molecular weight excluding hydrogens is 364 g/mol. The van der Waals surface area contributed by atoms with E-state index in [2.05, 4.69) is 10.2 Å². The first-order valence-electron chi connectivity index (χ1n) is 8.81. The molecule has 2 aromatic carbocycles. The van der Waals surface area contributed by atoms with Crippen molar-refractivity contribution < 1.29 is 19.2 Å². The Morgan fingerprint density at radius 3 is 2.29 bits per heavy atom. The lowest BCUT2D eigenvalue weighted by molar-refractivity contribution is -0.430. The van der Waals surface area contributed by atoms with Crippen LogP contribution in [0.3, 0.4) is 0 Å². The van der Waals surface area contributed by atoms with Gasteiger partial charge < -0.3 is 15.0 Å². The molecule has 0 aromatic heterocycles. The van der Waals surface area contributed by atoms with Gasteiger partial charge in [0.05, 0.1) is 23.7 Å². The molecule has 0 aliphatic carbocycles. The molecule has 1 saturated heterocycles. The van der Waals surface area contributed by atoms with Gasteiger partial charge in [-0.25, -0.2) is 0 Å². The van der Waals surface area contributed by atoms with E-state index in [-0.39, 0.29) is 22.5 Å². The highest BCUT2D eigenvalue weighted by molar-refractivity contribution is 6.05. The van der Waals surface area contributed by atoms with E-state index < -0.39 is 10.8 Å². The molecule has 3 rings (SSSR count). The van der Waals surface area contributed by atoms with E-state index in [0.717, 1.165) is 18.8 Å². The summed E-state index contributed by atoms with van der Waals surface area (Å²) in [6, 6.07) is 9.87. The Labute approximate surface area is 161 Å². The first-order chi connectivity index (χ1) is 13.4. The monoisotopic (exact) mass is 385 g/mol. The van der Waals surface area contributed by atoms with Gasteiger partial charge in [-0.2, -0.15) is 0 Å². The van der Waals surface area contributed by atoms with Crippen molar-refractivity contribution in [2.75, 3.05) is 43.6 Å². The fourth-order valence-corrected chi connectivity index (χ4v) is 3.11. The summed E-state index contributed by atoms with van der Waals surface area (Å²) in [4.78, 5) is 37.1. The summed E-state index contributed by atoms with van der Waals surface area (Å²) in [6.45, 7) is 4.46. The van der Waals surface area contributed by atoms with E-state index >= 15 is 0 Å². The number of carbonyl (C=O) groups excluding carboxylic acids is 1. The Morgan fingerprint density at radius 1 is 1.11 bits per heavy atom. The molecule has 1 aliphatic heterocycles. The van der Waals surface area contributed by atoms with Crippen molar-refractivity contribution in [3.8, 4) is 0 Å². The third kappa shape index (κ3) is 4.15. The topological polar surface area (TPSA) is 105 Å². The Morgan fingerprint density at radius 2 is 1.71 bits per heavy atom. The molecule has 28 heavy (non-hydrogen) atoms. The van der Waals surface area contributed by atoms with E-state index in [1.165, 1.54) is 26.1 Å². The smallest absolute Gasteiger partial charge is 0.279 e. The Kier molecular flexibility index (Phi) is 5.65. The van der Waals surface area contributed by atoms with Crippen LogP contribution in [0.4, 0.5) is 22.7 Å². The highest BCUT2D eigenvalue weighted by Crippen LogP contribution is 2.29. The minimum absolute atomic E-state index is 0.0484. The quantitative estimate of drug-likeness (QED) is 0.482. The zero-order chi connectivity index (χ0) is 20.3. The van der Waals surface area contributed by atoms with E-state index in [0.29, 0.717) is 23.7 Å². The second-order valence-electron chi connectivity index (χ2n) is 6.49. The van der Waals surface area contributed by atoms with Gasteiger partial charge in [-0.3, -0.25) is 14.9 Å². The zero-order valence-corrected chi connectivity index (χ0v) is 15.7. The van der Waals surface area contributed by atoms with Crippen LogP contribution in [0.15, 0.2) is 36.4 Å². The largest absolute Gasteiger partial charge is 0.378 e. The predicted molar refractivity (Wildman–Crippen MR) is 104 cm³/mol. The number of rotatable bonds is 5. The molecular formula is C19H21N4O5+. The van der Waals surface area contributed by atoms with Crippen LogP contribution in [0, 0.1) is 21.9 Å². The third-order valence-corrected chi connectivity index (χ3v) is 4.65. The minimum atomic E-state index is -0.601. The maximum atomic E-state index is 12.6. The predicted octanol–water partition coefficient (Wildman–Crippen LogP) is 3.03. The number of nitro benzene ring substituents is 1. The molecule has 2 aromatic rings. The zero-order valence-electron chi connectivity index (χ0n) is 15.7. The molecule has 1 N–H and O–H groups in total. The van der Waals surface area contributed by atoms with Crippen molar-refractivity contribution in [3.63, 3.8) is 0 Å². The molecule has 0 saturated carbocycles. The van der Waals surface area contributed by atoms with Gasteiger partial charge in [-0.15, -0.1) is 0 Å². The highest BCUT2D eigenvalue weighted by atomic mass is 16.6. The van der Waals surface area contributed by atoms with Crippen molar-refractivity contribution >= 4 is 28.7 Å². The molecule has 9 nitrogen and oxygen atoms in total. The van der Waals surface area contributed by atoms with Crippen LogP contribution >= 0.6 is 0 Å². The molecule has 0 radical (unpaired) electrons. The first kappa shape index (κ1) is 19.4. The summed E-state index contributed by atoms with van der Waals surface area (Å²) in [7, 11) is 1.23. The summed E-state index contributed by atoms with van der Waals surface area (Å²) < 4.78 is 5.85. The second kappa shape index (κ2) is 8.13. The lowest BCUT2D eigenvalue weighted by Crippen LogP contribution is -2.36. The van der Waals surface area contributed by atoms with Gasteiger partial charge in [0.2, 0.25) is 0 Å². The number of benzene rings is 2. The van der Waals surface area contributed by atoms with Crippen LogP contribution in [0.1, 0.15) is 15.9 Å². The van der Waals surface area contributed by atoms with Gasteiger partial charge in [0, 0.05) is 46.3 Å². The molecule has 1 heterocycles. The number of carbonyl (C=O) groups is 1. The number of nitroso groups, excluding NO2 is 1. The maximum Gasteiger partial charge on any atom is 0.279 e. The van der Waals surface area contributed by atoms with Crippen LogP contribution < -0.4 is 10.2 Å². The molecule has 9 heteroatoms. The number of anilines is 2. The van der Waals surface area contributed by atoms with Crippen LogP contribution in [-0.2, 0) is 4.74 Å². The molecule has 0 bridgehead atoms. The van der Waals surface area contributed by atoms with E-state index in [1.54, 1.807) is 12.1 Å². The van der Waals surface area contributed by atoms with Gasteiger partial charge in [-0.1, -0.05) is 0 Å². The standard InChI is InChI=1S/C19H20N4O5/c1-13-17(21(2)25)11-14(12-18(13)23(26)27)19(24)20-15-3-5-16(6-4-15)22-7-9-28-10-8-22/h3-6,11-12H,7-10H2,1-2H3/p+1. The van der Waals surface area contributed by atoms with Crippen molar-refractivity contribution in [2.24, 2.45) is 0 Å². The summed E-state index contributed by atoms with van der Waals surface area (Å²) in [5.41, 5.74) is 1.67. The van der Waals surface area contributed by atoms with E-state index in [9.17, 15) is 19.8 Å². The lowest BCUT2D eigenvalue weighted by Gasteiger charge is -2.28. The molecule has 0 spiro atoms. The van der Waals surface area contributed by atoms with Crippen molar-refractivity contribution in [2.45, 2.75) is 6.92 Å². The number of ether oxygens (including phenoxy) is 1. The molecule has 1 amide bonds. The fourth-order valence-electron chi connectivity index (χ4n) is 3.11. The van der Waals surface area contributed by atoms with Crippen molar-refractivity contribution in [1.82, 2.24) is 0 Å². The highest BCUT2D eigenvalue weighted by Gasteiger charge is 2.25. The Balaban J connectivity index is 1.80. The molecule has 0 atom stereocenters. The fraction of sp³-hybridized carbons (Fsp3) is 0.316. The first-order valence-corrected chi connectivity index (χ1v) is 8.81. The summed E-state index contributed by atoms with van der Waals surface area (Å²) in [5, 5.41) is 14.0. The summed E-state index contributed by atoms with van der Waals surface area (Å²) >= 11 is 0. The number of nitrogens with zero attached hydrogens (tertiary/aromatic N) is 3. The lowest BCUT2D eigenvalue weighted by atomic mass is 10.1. The number of nitro groups is 1. The third-order valence-electron chi connectivity index (χ3n) is 4.65. The number of morpholine rings is 1. The number of nitrogens with one attached hydrogen (secondary N) is 1. The van der Waals surface area contributed by atoms with Gasteiger partial charge in [0.25, 0.3) is 17.3 Å². The average Bonchev–Trinajstić information content (AvgIpc) is 2.69. The van der Waals surface area contributed by atoms with Gasteiger partial charge in [0.15, 0.2) is 7.05 Å². The maximum absolute atomic E-state index is 12.6. The average molecular weight is 385 g/mol. The summed E-state index contributed by atoms with van der Waals surface area (Å²) in [5.74, 6) is -0.523. The van der Waals surface area contributed by atoms with E-state index in [4.69, 9.17) is 4.74 Å². The normalized spacial score (nSPS) is 13.9. The van der Waals surface area contributed by atoms with Crippen LogP contribution in [0.2, 0.25) is 0 Å². The molecule has 1 aliphatic rings. The Hall–Kier alpha value is -3.33. The van der Waals surface area contributed by atoms with Crippen molar-refractivity contribution in [3.05, 3.63) is 62.5 Å². The Bertz CT molecular complexity index is 885. The number of hydrogen-bond acceptors (Lipinski definition) is 6. The molecule has 1 fully saturated rings. The second-order valence-corrected chi connectivity index (χ2v) is 6.49. The van der Waals surface area contributed by atoms with Gasteiger partial charge >= 0.3 is 0 Å². The number of hydrogen-bond donors (Lipinski definition) is 1.